The largest absolute Gasteiger partial charge is 0.340 e. The van der Waals surface area contributed by atoms with Gasteiger partial charge < -0.3 is 4.90 Å². The molecule has 1 amide bonds. The second kappa shape index (κ2) is 7.05. The van der Waals surface area contributed by atoms with Crippen molar-refractivity contribution in [2.24, 2.45) is 11.3 Å². The second-order valence-corrected chi connectivity index (χ2v) is 6.94. The third kappa shape index (κ3) is 5.48. The molecule has 0 saturated carbocycles. The van der Waals surface area contributed by atoms with Crippen LogP contribution >= 0.6 is 0 Å². The third-order valence-corrected chi connectivity index (χ3v) is 3.53. The summed E-state index contributed by atoms with van der Waals surface area (Å²) >= 11 is 0. The Labute approximate surface area is 123 Å². The fourth-order valence-corrected chi connectivity index (χ4v) is 2.40. The standard InChI is InChI=1S/C15H28N4O/c1-13(11-16)12-17(5)19-8-6-18(7-9-19)14(20)10-15(2,3)4/h13H,6-10,12H2,1-5H3. The number of hydrogen-bond acceptors (Lipinski definition) is 4. The Hall–Kier alpha value is -1.12. The molecule has 1 atom stereocenters. The van der Waals surface area contributed by atoms with Crippen molar-refractivity contribution in [1.29, 1.82) is 5.26 Å². The smallest absolute Gasteiger partial charge is 0.223 e. The molecular weight excluding hydrogens is 252 g/mol. The van der Waals surface area contributed by atoms with Crippen molar-refractivity contribution in [1.82, 2.24) is 14.9 Å². The van der Waals surface area contributed by atoms with E-state index in [1.54, 1.807) is 0 Å². The van der Waals surface area contributed by atoms with Crippen LogP contribution in [0.15, 0.2) is 0 Å². The van der Waals surface area contributed by atoms with Crippen LogP contribution in [0, 0.1) is 22.7 Å². The van der Waals surface area contributed by atoms with Gasteiger partial charge in [-0.1, -0.05) is 20.8 Å². The molecule has 0 bridgehead atoms. The first-order chi connectivity index (χ1) is 9.23. The molecule has 20 heavy (non-hydrogen) atoms. The van der Waals surface area contributed by atoms with Crippen LogP contribution in [0.3, 0.4) is 0 Å². The summed E-state index contributed by atoms with van der Waals surface area (Å²) in [6.45, 7) is 12.2. The van der Waals surface area contributed by atoms with Gasteiger partial charge in [0.1, 0.15) is 0 Å². The average molecular weight is 280 g/mol. The van der Waals surface area contributed by atoms with Crippen LogP contribution in [0.5, 0.6) is 0 Å². The average Bonchev–Trinajstić information content (AvgIpc) is 2.36. The molecule has 1 heterocycles. The summed E-state index contributed by atoms with van der Waals surface area (Å²) in [4.78, 5) is 14.1. The first kappa shape index (κ1) is 16.9. The maximum absolute atomic E-state index is 12.2. The van der Waals surface area contributed by atoms with E-state index in [-0.39, 0.29) is 17.2 Å². The molecule has 0 aromatic carbocycles. The monoisotopic (exact) mass is 280 g/mol. The van der Waals surface area contributed by atoms with E-state index in [9.17, 15) is 4.79 Å². The number of nitrogens with zero attached hydrogens (tertiary/aromatic N) is 4. The number of carbonyl (C=O) groups is 1. The van der Waals surface area contributed by atoms with Gasteiger partial charge in [-0.15, -0.1) is 0 Å². The molecule has 1 aliphatic rings. The lowest BCUT2D eigenvalue weighted by atomic mass is 9.91. The Morgan fingerprint density at radius 1 is 1.30 bits per heavy atom. The van der Waals surface area contributed by atoms with E-state index < -0.39 is 0 Å². The third-order valence-electron chi connectivity index (χ3n) is 3.53. The number of piperazine rings is 1. The molecule has 114 valence electrons. The van der Waals surface area contributed by atoms with Gasteiger partial charge in [-0.25, -0.2) is 10.0 Å². The Morgan fingerprint density at radius 2 is 1.85 bits per heavy atom. The molecule has 0 N–H and O–H groups in total. The molecule has 0 aromatic rings. The van der Waals surface area contributed by atoms with Crippen molar-refractivity contribution >= 4 is 5.91 Å². The molecule has 1 saturated heterocycles. The number of nitriles is 1. The summed E-state index contributed by atoms with van der Waals surface area (Å²) < 4.78 is 0. The summed E-state index contributed by atoms with van der Waals surface area (Å²) in [5, 5.41) is 13.2. The van der Waals surface area contributed by atoms with Crippen molar-refractivity contribution in [3.8, 4) is 6.07 Å². The van der Waals surface area contributed by atoms with Gasteiger partial charge in [-0.2, -0.15) is 5.26 Å². The molecule has 0 radical (unpaired) electrons. The molecule has 1 rings (SSSR count). The minimum Gasteiger partial charge on any atom is -0.340 e. The zero-order chi connectivity index (χ0) is 15.3. The van der Waals surface area contributed by atoms with Gasteiger partial charge in [-0.05, 0) is 12.3 Å². The van der Waals surface area contributed by atoms with E-state index in [2.05, 4.69) is 36.9 Å². The first-order valence-electron chi connectivity index (χ1n) is 7.36. The maximum atomic E-state index is 12.2. The van der Waals surface area contributed by atoms with Crippen LogP contribution in [0.25, 0.3) is 0 Å². The van der Waals surface area contributed by atoms with Crippen LogP contribution in [0.4, 0.5) is 0 Å². The molecule has 1 aliphatic heterocycles. The van der Waals surface area contributed by atoms with E-state index >= 15 is 0 Å². The van der Waals surface area contributed by atoms with Crippen LogP contribution < -0.4 is 0 Å². The van der Waals surface area contributed by atoms with Gasteiger partial charge in [0, 0.05) is 46.2 Å². The fourth-order valence-electron chi connectivity index (χ4n) is 2.40. The second-order valence-electron chi connectivity index (χ2n) is 6.94. The molecule has 5 nitrogen and oxygen atoms in total. The Kier molecular flexibility index (Phi) is 5.97. The lowest BCUT2D eigenvalue weighted by Crippen LogP contribution is -2.54. The molecule has 5 heteroatoms. The number of amides is 1. The highest BCUT2D eigenvalue weighted by atomic mass is 16.2. The van der Waals surface area contributed by atoms with E-state index in [1.807, 2.05) is 18.9 Å². The van der Waals surface area contributed by atoms with Crippen LogP contribution in [0.2, 0.25) is 0 Å². The van der Waals surface area contributed by atoms with Gasteiger partial charge in [-0.3, -0.25) is 4.79 Å². The predicted octanol–water partition coefficient (Wildman–Crippen LogP) is 1.57. The van der Waals surface area contributed by atoms with Gasteiger partial charge in [0.05, 0.1) is 12.0 Å². The summed E-state index contributed by atoms with van der Waals surface area (Å²) in [5.41, 5.74) is 0.0488. The maximum Gasteiger partial charge on any atom is 0.223 e. The molecule has 0 aromatic heterocycles. The van der Waals surface area contributed by atoms with E-state index in [0.717, 1.165) is 32.7 Å². The quantitative estimate of drug-likeness (QED) is 0.784. The van der Waals surface area contributed by atoms with E-state index in [1.165, 1.54) is 0 Å². The van der Waals surface area contributed by atoms with Gasteiger partial charge >= 0.3 is 0 Å². The van der Waals surface area contributed by atoms with Crippen molar-refractivity contribution in [2.75, 3.05) is 39.8 Å². The van der Waals surface area contributed by atoms with Gasteiger partial charge in [0.15, 0.2) is 0 Å². The van der Waals surface area contributed by atoms with Gasteiger partial charge in [0.2, 0.25) is 5.91 Å². The molecule has 0 spiro atoms. The summed E-state index contributed by atoms with van der Waals surface area (Å²) in [7, 11) is 2.01. The SMILES string of the molecule is CC(C#N)CN(C)N1CCN(C(=O)CC(C)(C)C)CC1. The Bertz CT molecular complexity index is 361. The predicted molar refractivity (Wildman–Crippen MR) is 79.6 cm³/mol. The van der Waals surface area contributed by atoms with E-state index in [0.29, 0.717) is 6.42 Å². The summed E-state index contributed by atoms with van der Waals surface area (Å²) in [5.74, 6) is 0.283. The molecule has 1 fully saturated rings. The number of hydrogen-bond donors (Lipinski definition) is 0. The normalized spacial score (nSPS) is 18.9. The topological polar surface area (TPSA) is 50.6 Å². The number of carbonyl (C=O) groups excluding carboxylic acids is 1. The first-order valence-corrected chi connectivity index (χ1v) is 7.36. The van der Waals surface area contributed by atoms with E-state index in [4.69, 9.17) is 5.26 Å². The van der Waals surface area contributed by atoms with Crippen LogP contribution in [-0.4, -0.2) is 60.6 Å². The minimum atomic E-state index is 0.0283. The highest BCUT2D eigenvalue weighted by Crippen LogP contribution is 2.20. The van der Waals surface area contributed by atoms with Crippen molar-refractivity contribution in [2.45, 2.75) is 34.1 Å². The lowest BCUT2D eigenvalue weighted by molar-refractivity contribution is -0.138. The van der Waals surface area contributed by atoms with Crippen molar-refractivity contribution in [3.63, 3.8) is 0 Å². The van der Waals surface area contributed by atoms with Crippen molar-refractivity contribution in [3.05, 3.63) is 0 Å². The number of rotatable bonds is 4. The minimum absolute atomic E-state index is 0.0283. The molecule has 0 aliphatic carbocycles. The Balaban J connectivity index is 2.40. The molecular formula is C15H28N4O. The Morgan fingerprint density at radius 3 is 2.30 bits per heavy atom. The fraction of sp³-hybridized carbons (Fsp3) is 0.867. The van der Waals surface area contributed by atoms with Crippen LogP contribution in [-0.2, 0) is 4.79 Å². The zero-order valence-corrected chi connectivity index (χ0v) is 13.5. The summed E-state index contributed by atoms with van der Waals surface area (Å²) in [6.07, 6.45) is 0.605. The lowest BCUT2D eigenvalue weighted by Gasteiger charge is -2.40. The van der Waals surface area contributed by atoms with Crippen LogP contribution in [0.1, 0.15) is 34.1 Å². The summed E-state index contributed by atoms with van der Waals surface area (Å²) in [6, 6.07) is 2.25. The number of hydrazine groups is 1. The van der Waals surface area contributed by atoms with Crippen molar-refractivity contribution < 1.29 is 4.79 Å². The molecule has 1 unspecified atom stereocenters. The highest BCUT2D eigenvalue weighted by molar-refractivity contribution is 5.76. The van der Waals surface area contributed by atoms with Gasteiger partial charge in [0.25, 0.3) is 0 Å². The highest BCUT2D eigenvalue weighted by Gasteiger charge is 2.26. The zero-order valence-electron chi connectivity index (χ0n) is 13.5.